The van der Waals surface area contributed by atoms with Gasteiger partial charge in [0.2, 0.25) is 0 Å². The van der Waals surface area contributed by atoms with Crippen molar-refractivity contribution in [2.75, 3.05) is 0 Å². The van der Waals surface area contributed by atoms with E-state index in [-0.39, 0.29) is 5.69 Å². The highest BCUT2D eigenvalue weighted by Gasteiger charge is 2.11. The Bertz CT molecular complexity index is 381. The summed E-state index contributed by atoms with van der Waals surface area (Å²) in [6.07, 6.45) is 9.48. The van der Waals surface area contributed by atoms with Gasteiger partial charge in [0.05, 0.1) is 0 Å². The topological polar surface area (TPSA) is 62.2 Å². The molecule has 0 amide bonds. The number of nitrogens with zero attached hydrogens (tertiary/aromatic N) is 1. The Hall–Kier alpha value is -1.42. The van der Waals surface area contributed by atoms with Crippen LogP contribution in [0, 0.1) is 0 Å². The summed E-state index contributed by atoms with van der Waals surface area (Å²) in [5.41, 5.74) is 1.15. The summed E-state index contributed by atoms with van der Waals surface area (Å²) in [4.78, 5) is 14.6. The molecule has 0 aromatic carbocycles. The van der Waals surface area contributed by atoms with Gasteiger partial charge in [-0.1, -0.05) is 31.7 Å². The number of hydrogen-bond donors (Lipinski definition) is 2. The number of carbonyl (C=O) groups is 1. The lowest BCUT2D eigenvalue weighted by Gasteiger charge is -2.15. The minimum absolute atomic E-state index is 0.105. The van der Waals surface area contributed by atoms with Crippen LogP contribution in [0.5, 0.6) is 0 Å². The normalized spacial score (nSPS) is 17.3. The van der Waals surface area contributed by atoms with Crippen molar-refractivity contribution in [3.05, 3.63) is 29.6 Å². The molecule has 1 saturated carbocycles. The smallest absolute Gasteiger partial charge is 0.354 e. The predicted molar refractivity (Wildman–Crippen MR) is 69.5 cm³/mol. The summed E-state index contributed by atoms with van der Waals surface area (Å²) in [7, 11) is 0. The first kappa shape index (κ1) is 13.0. The summed E-state index contributed by atoms with van der Waals surface area (Å²) in [5.74, 6) is -0.974. The van der Waals surface area contributed by atoms with Crippen LogP contribution in [0.4, 0.5) is 0 Å². The Labute approximate surface area is 107 Å². The lowest BCUT2D eigenvalue weighted by molar-refractivity contribution is 0.0690. The van der Waals surface area contributed by atoms with Crippen molar-refractivity contribution < 1.29 is 9.90 Å². The van der Waals surface area contributed by atoms with Gasteiger partial charge < -0.3 is 10.4 Å². The number of hydrogen-bond acceptors (Lipinski definition) is 3. The van der Waals surface area contributed by atoms with E-state index in [1.165, 1.54) is 38.5 Å². The molecular formula is C14H20N2O2. The zero-order valence-corrected chi connectivity index (χ0v) is 10.6. The van der Waals surface area contributed by atoms with E-state index in [1.807, 2.05) is 6.07 Å². The van der Waals surface area contributed by atoms with Crippen LogP contribution in [0.2, 0.25) is 0 Å². The van der Waals surface area contributed by atoms with Crippen LogP contribution in [0.15, 0.2) is 18.3 Å². The number of carboxylic acid groups (broad SMARTS) is 1. The van der Waals surface area contributed by atoms with Gasteiger partial charge in [0.15, 0.2) is 0 Å². The van der Waals surface area contributed by atoms with Gasteiger partial charge in [0, 0.05) is 18.8 Å². The number of rotatable bonds is 4. The molecule has 4 nitrogen and oxygen atoms in total. The first-order chi connectivity index (χ1) is 8.75. The molecule has 2 rings (SSSR count). The number of aromatic carboxylic acids is 1. The molecule has 1 aliphatic carbocycles. The van der Waals surface area contributed by atoms with Gasteiger partial charge in [-0.2, -0.15) is 0 Å². The summed E-state index contributed by atoms with van der Waals surface area (Å²) < 4.78 is 0. The fourth-order valence-electron chi connectivity index (χ4n) is 2.40. The van der Waals surface area contributed by atoms with Crippen molar-refractivity contribution in [1.82, 2.24) is 10.3 Å². The van der Waals surface area contributed by atoms with E-state index in [1.54, 1.807) is 12.3 Å². The molecule has 0 radical (unpaired) electrons. The van der Waals surface area contributed by atoms with Gasteiger partial charge in [0.25, 0.3) is 0 Å². The molecule has 2 N–H and O–H groups in total. The second-order valence-electron chi connectivity index (χ2n) is 4.93. The average Bonchev–Trinajstić information content (AvgIpc) is 2.65. The highest BCUT2D eigenvalue weighted by Crippen LogP contribution is 2.17. The van der Waals surface area contributed by atoms with Crippen LogP contribution >= 0.6 is 0 Å². The Morgan fingerprint density at radius 1 is 1.28 bits per heavy atom. The Morgan fingerprint density at radius 2 is 2.00 bits per heavy atom. The van der Waals surface area contributed by atoms with E-state index in [0.29, 0.717) is 6.04 Å². The Balaban J connectivity index is 1.83. The highest BCUT2D eigenvalue weighted by molar-refractivity contribution is 5.85. The second kappa shape index (κ2) is 6.50. The van der Waals surface area contributed by atoms with Crippen LogP contribution < -0.4 is 5.32 Å². The lowest BCUT2D eigenvalue weighted by Crippen LogP contribution is -2.27. The van der Waals surface area contributed by atoms with E-state index in [9.17, 15) is 4.79 Å². The zero-order valence-electron chi connectivity index (χ0n) is 10.6. The highest BCUT2D eigenvalue weighted by atomic mass is 16.4. The van der Waals surface area contributed by atoms with Gasteiger partial charge in [-0.15, -0.1) is 0 Å². The first-order valence-electron chi connectivity index (χ1n) is 6.67. The van der Waals surface area contributed by atoms with E-state index in [2.05, 4.69) is 10.3 Å². The Kier molecular flexibility index (Phi) is 4.70. The van der Waals surface area contributed by atoms with Crippen LogP contribution in [0.1, 0.15) is 54.6 Å². The van der Waals surface area contributed by atoms with Crippen LogP contribution in [-0.2, 0) is 6.54 Å². The molecular weight excluding hydrogens is 228 g/mol. The maximum Gasteiger partial charge on any atom is 0.354 e. The van der Waals surface area contributed by atoms with Crippen molar-refractivity contribution in [1.29, 1.82) is 0 Å². The molecule has 1 heterocycles. The van der Waals surface area contributed by atoms with Crippen molar-refractivity contribution in [2.24, 2.45) is 0 Å². The van der Waals surface area contributed by atoms with Gasteiger partial charge in [-0.25, -0.2) is 9.78 Å². The average molecular weight is 248 g/mol. The summed E-state index contributed by atoms with van der Waals surface area (Å²) in [6, 6.07) is 4.00. The minimum atomic E-state index is -0.974. The maximum absolute atomic E-state index is 10.7. The molecule has 1 aromatic heterocycles. The van der Waals surface area contributed by atoms with E-state index < -0.39 is 5.97 Å². The van der Waals surface area contributed by atoms with Gasteiger partial charge in [-0.3, -0.25) is 0 Å². The molecule has 1 aromatic rings. The number of aromatic nitrogens is 1. The van der Waals surface area contributed by atoms with Gasteiger partial charge in [-0.05, 0) is 24.5 Å². The van der Waals surface area contributed by atoms with E-state index in [0.717, 1.165) is 12.1 Å². The molecule has 4 heteroatoms. The molecule has 1 fully saturated rings. The minimum Gasteiger partial charge on any atom is -0.477 e. The lowest BCUT2D eigenvalue weighted by atomic mass is 10.1. The van der Waals surface area contributed by atoms with Crippen molar-refractivity contribution in [3.8, 4) is 0 Å². The van der Waals surface area contributed by atoms with Gasteiger partial charge >= 0.3 is 5.97 Å². The van der Waals surface area contributed by atoms with Crippen LogP contribution in [0.3, 0.4) is 0 Å². The molecule has 0 spiro atoms. The largest absolute Gasteiger partial charge is 0.477 e. The molecule has 18 heavy (non-hydrogen) atoms. The second-order valence-corrected chi connectivity index (χ2v) is 4.93. The summed E-state index contributed by atoms with van der Waals surface area (Å²) >= 11 is 0. The molecule has 0 saturated heterocycles. The molecule has 0 aliphatic heterocycles. The monoisotopic (exact) mass is 248 g/mol. The molecule has 0 bridgehead atoms. The number of nitrogens with one attached hydrogen (secondary N) is 1. The Morgan fingerprint density at radius 3 is 2.56 bits per heavy atom. The molecule has 98 valence electrons. The molecule has 1 aliphatic rings. The van der Waals surface area contributed by atoms with Crippen molar-refractivity contribution >= 4 is 5.97 Å². The fraction of sp³-hybridized carbons (Fsp3) is 0.571. The SMILES string of the molecule is O=C(O)c1ccc(CNC2CCCCCC2)cn1. The third kappa shape index (κ3) is 3.81. The third-order valence-corrected chi connectivity index (χ3v) is 3.49. The quantitative estimate of drug-likeness (QED) is 0.804. The number of pyridine rings is 1. The number of carboxylic acids is 1. The van der Waals surface area contributed by atoms with E-state index in [4.69, 9.17) is 5.11 Å². The summed E-state index contributed by atoms with van der Waals surface area (Å²) in [6.45, 7) is 0.775. The first-order valence-corrected chi connectivity index (χ1v) is 6.67. The third-order valence-electron chi connectivity index (χ3n) is 3.49. The maximum atomic E-state index is 10.7. The summed E-state index contributed by atoms with van der Waals surface area (Å²) in [5, 5.41) is 12.3. The van der Waals surface area contributed by atoms with Crippen molar-refractivity contribution in [3.63, 3.8) is 0 Å². The fourth-order valence-corrected chi connectivity index (χ4v) is 2.40. The molecule has 0 atom stereocenters. The zero-order chi connectivity index (χ0) is 12.8. The standard InChI is InChI=1S/C14H20N2O2/c17-14(18)13-8-7-11(10-16-13)9-15-12-5-3-1-2-4-6-12/h7-8,10,12,15H,1-6,9H2,(H,17,18). The van der Waals surface area contributed by atoms with Crippen LogP contribution in [0.25, 0.3) is 0 Å². The van der Waals surface area contributed by atoms with Crippen LogP contribution in [-0.4, -0.2) is 22.1 Å². The van der Waals surface area contributed by atoms with Gasteiger partial charge in [0.1, 0.15) is 5.69 Å². The van der Waals surface area contributed by atoms with E-state index >= 15 is 0 Å². The molecule has 0 unspecified atom stereocenters. The predicted octanol–water partition coefficient (Wildman–Crippen LogP) is 2.59. The van der Waals surface area contributed by atoms with Crippen molar-refractivity contribution in [2.45, 2.75) is 51.1 Å².